The summed E-state index contributed by atoms with van der Waals surface area (Å²) < 4.78 is 12.5. The molecule has 0 amide bonds. The molecule has 4 aromatic rings. The number of fused-ring (bicyclic) bond motifs is 2. The van der Waals surface area contributed by atoms with Crippen LogP contribution in [0.25, 0.3) is 21.5 Å². The van der Waals surface area contributed by atoms with Crippen molar-refractivity contribution in [2.75, 3.05) is 0 Å². The van der Waals surface area contributed by atoms with Crippen molar-refractivity contribution in [2.24, 2.45) is 10.8 Å². The fourth-order valence-corrected chi connectivity index (χ4v) is 5.03. The molecule has 2 atom stereocenters. The summed E-state index contributed by atoms with van der Waals surface area (Å²) in [5.74, 6) is 1.31. The Morgan fingerprint density at radius 3 is 1.89 bits per heavy atom. The monoisotopic (exact) mass is 468 g/mol. The first kappa shape index (κ1) is 25.3. The molecule has 0 fully saturated rings. The molecule has 184 valence electrons. The molecular formula is C33H40O2. The van der Waals surface area contributed by atoms with Gasteiger partial charge >= 0.3 is 0 Å². The summed E-state index contributed by atoms with van der Waals surface area (Å²) in [4.78, 5) is 0. The summed E-state index contributed by atoms with van der Waals surface area (Å²) in [6.07, 6.45) is 0.763. The molecule has 0 spiro atoms. The summed E-state index contributed by atoms with van der Waals surface area (Å²) in [7, 11) is 0. The molecule has 0 aliphatic rings. The van der Waals surface area contributed by atoms with Crippen LogP contribution in [-0.4, -0.2) is 6.29 Å². The first-order valence-electron chi connectivity index (χ1n) is 12.8. The zero-order valence-corrected chi connectivity index (χ0v) is 22.4. The molecule has 2 nitrogen and oxygen atoms in total. The number of ether oxygens (including phenoxy) is 2. The lowest BCUT2D eigenvalue weighted by Crippen LogP contribution is -2.24. The maximum atomic E-state index is 6.27. The van der Waals surface area contributed by atoms with Crippen molar-refractivity contribution in [3.63, 3.8) is 0 Å². The highest BCUT2D eigenvalue weighted by molar-refractivity contribution is 6.02. The number of benzene rings is 4. The minimum atomic E-state index is -0.362. The van der Waals surface area contributed by atoms with Gasteiger partial charge in [0.25, 0.3) is 0 Å². The van der Waals surface area contributed by atoms with Crippen LogP contribution in [0.3, 0.4) is 0 Å². The van der Waals surface area contributed by atoms with Gasteiger partial charge in [-0.3, -0.25) is 0 Å². The summed E-state index contributed by atoms with van der Waals surface area (Å²) in [5.41, 5.74) is 2.97. The Bertz CT molecular complexity index is 1240. The lowest BCUT2D eigenvalue weighted by atomic mass is 9.69. The second kappa shape index (κ2) is 10.0. The highest BCUT2D eigenvalue weighted by Crippen LogP contribution is 2.43. The van der Waals surface area contributed by atoms with Crippen molar-refractivity contribution >= 4 is 21.5 Å². The van der Waals surface area contributed by atoms with Gasteiger partial charge in [0, 0.05) is 0 Å². The molecule has 4 rings (SSSR count). The highest BCUT2D eigenvalue weighted by Gasteiger charge is 2.30. The molecule has 0 aliphatic heterocycles. The fraction of sp³-hybridized carbons (Fsp3) is 0.394. The summed E-state index contributed by atoms with van der Waals surface area (Å²) >= 11 is 0. The normalized spacial score (nSPS) is 14.3. The van der Waals surface area contributed by atoms with E-state index in [4.69, 9.17) is 9.47 Å². The van der Waals surface area contributed by atoms with Crippen LogP contribution >= 0.6 is 0 Å². The zero-order valence-electron chi connectivity index (χ0n) is 22.4. The van der Waals surface area contributed by atoms with Gasteiger partial charge in [-0.25, -0.2) is 0 Å². The standard InChI is InChI=1S/C33H40O2/c1-23(35-27-16-12-15-26(20-27)31(33(5,6)7)21-32(2,3)4)34-22-30-28-17-10-8-13-24(28)19-25-14-9-11-18-29(25)30/h8-20,23,31H,21-22H2,1-7H3. The Balaban J connectivity index is 1.53. The maximum Gasteiger partial charge on any atom is 0.197 e. The van der Waals surface area contributed by atoms with Gasteiger partial charge in [-0.2, -0.15) is 0 Å². The van der Waals surface area contributed by atoms with Crippen LogP contribution in [0.2, 0.25) is 0 Å². The van der Waals surface area contributed by atoms with E-state index in [0.29, 0.717) is 12.5 Å². The van der Waals surface area contributed by atoms with Gasteiger partial charge in [0.15, 0.2) is 6.29 Å². The van der Waals surface area contributed by atoms with Crippen LogP contribution in [0.5, 0.6) is 5.75 Å². The molecule has 0 aromatic heterocycles. The Morgan fingerprint density at radius 2 is 1.31 bits per heavy atom. The average molecular weight is 469 g/mol. The SMILES string of the molecule is CC(OCc1c2ccccc2cc2ccccc12)Oc1cccc(C(CC(C)(C)C)C(C)(C)C)c1. The molecule has 2 heteroatoms. The van der Waals surface area contributed by atoms with Crippen molar-refractivity contribution in [1.82, 2.24) is 0 Å². The van der Waals surface area contributed by atoms with Gasteiger partial charge in [0.2, 0.25) is 0 Å². The first-order chi connectivity index (χ1) is 16.5. The van der Waals surface area contributed by atoms with Crippen LogP contribution in [0, 0.1) is 10.8 Å². The molecule has 0 bridgehead atoms. The number of hydrogen-bond acceptors (Lipinski definition) is 2. The average Bonchev–Trinajstić information content (AvgIpc) is 2.79. The van der Waals surface area contributed by atoms with Crippen molar-refractivity contribution in [2.45, 2.75) is 73.7 Å². The smallest absolute Gasteiger partial charge is 0.197 e. The van der Waals surface area contributed by atoms with Crippen molar-refractivity contribution < 1.29 is 9.47 Å². The number of hydrogen-bond donors (Lipinski definition) is 0. The summed E-state index contributed by atoms with van der Waals surface area (Å²) in [6, 6.07) is 27.9. The van der Waals surface area contributed by atoms with Gasteiger partial charge in [-0.15, -0.1) is 0 Å². The maximum absolute atomic E-state index is 6.27. The largest absolute Gasteiger partial charge is 0.465 e. The van der Waals surface area contributed by atoms with E-state index in [1.807, 2.05) is 13.0 Å². The summed E-state index contributed by atoms with van der Waals surface area (Å²) in [6.45, 7) is 16.4. The topological polar surface area (TPSA) is 18.5 Å². The highest BCUT2D eigenvalue weighted by atomic mass is 16.7. The van der Waals surface area contributed by atoms with Gasteiger partial charge in [-0.1, -0.05) is 102 Å². The van der Waals surface area contributed by atoms with Crippen LogP contribution in [0.15, 0.2) is 78.9 Å². The third kappa shape index (κ3) is 6.24. The van der Waals surface area contributed by atoms with E-state index in [0.717, 1.165) is 12.2 Å². The van der Waals surface area contributed by atoms with Gasteiger partial charge < -0.3 is 9.47 Å². The summed E-state index contributed by atoms with van der Waals surface area (Å²) in [5, 5.41) is 4.93. The van der Waals surface area contributed by atoms with E-state index in [-0.39, 0.29) is 17.1 Å². The van der Waals surface area contributed by atoms with E-state index in [9.17, 15) is 0 Å². The van der Waals surface area contributed by atoms with Crippen LogP contribution < -0.4 is 4.74 Å². The van der Waals surface area contributed by atoms with Crippen molar-refractivity contribution in [3.05, 3.63) is 90.0 Å². The molecule has 0 N–H and O–H groups in total. The second-order valence-corrected chi connectivity index (χ2v) is 12.0. The Labute approximate surface area is 211 Å². The van der Waals surface area contributed by atoms with E-state index >= 15 is 0 Å². The van der Waals surface area contributed by atoms with Crippen LogP contribution in [0.4, 0.5) is 0 Å². The van der Waals surface area contributed by atoms with Gasteiger partial charge in [0.05, 0.1) is 6.61 Å². The fourth-order valence-electron chi connectivity index (χ4n) is 5.03. The van der Waals surface area contributed by atoms with Gasteiger partial charge in [-0.05, 0) is 81.0 Å². The van der Waals surface area contributed by atoms with Crippen molar-refractivity contribution in [3.8, 4) is 5.75 Å². The van der Waals surface area contributed by atoms with Gasteiger partial charge in [0.1, 0.15) is 5.75 Å². The molecule has 0 aliphatic carbocycles. The van der Waals surface area contributed by atoms with E-state index < -0.39 is 0 Å². The molecule has 35 heavy (non-hydrogen) atoms. The number of rotatable bonds is 7. The second-order valence-electron chi connectivity index (χ2n) is 12.0. The van der Waals surface area contributed by atoms with Crippen LogP contribution in [0.1, 0.15) is 71.9 Å². The minimum absolute atomic E-state index is 0.170. The quantitative estimate of drug-likeness (QED) is 0.199. The van der Waals surface area contributed by atoms with E-state index in [2.05, 4.69) is 114 Å². The Kier molecular flexibility index (Phi) is 7.24. The molecule has 0 saturated heterocycles. The predicted octanol–water partition coefficient (Wildman–Crippen LogP) is 9.50. The zero-order chi connectivity index (χ0) is 25.2. The van der Waals surface area contributed by atoms with E-state index in [1.165, 1.54) is 32.7 Å². The molecule has 0 saturated carbocycles. The van der Waals surface area contributed by atoms with Crippen molar-refractivity contribution in [1.29, 1.82) is 0 Å². The Morgan fingerprint density at radius 1 is 0.714 bits per heavy atom. The molecule has 0 heterocycles. The molecule has 0 radical (unpaired) electrons. The predicted molar refractivity (Wildman–Crippen MR) is 149 cm³/mol. The molecule has 4 aromatic carbocycles. The van der Waals surface area contributed by atoms with E-state index in [1.54, 1.807) is 0 Å². The lowest BCUT2D eigenvalue weighted by molar-refractivity contribution is -0.0752. The molecule has 2 unspecified atom stereocenters. The van der Waals surface area contributed by atoms with Crippen LogP contribution in [-0.2, 0) is 11.3 Å². The third-order valence-electron chi connectivity index (χ3n) is 6.77. The minimum Gasteiger partial charge on any atom is -0.465 e. The first-order valence-corrected chi connectivity index (χ1v) is 12.8. The lowest BCUT2D eigenvalue weighted by Gasteiger charge is -2.36. The Hall–Kier alpha value is -2.84. The molecular weight excluding hydrogens is 428 g/mol. The third-order valence-corrected chi connectivity index (χ3v) is 6.77.